The molecule has 2 amide bonds. The van der Waals surface area contributed by atoms with Crippen LogP contribution >= 0.6 is 0 Å². The van der Waals surface area contributed by atoms with Gasteiger partial charge in [0.15, 0.2) is 17.3 Å². The fourth-order valence-corrected chi connectivity index (χ4v) is 8.57. The van der Waals surface area contributed by atoms with E-state index in [1.165, 1.54) is 10.5 Å². The Morgan fingerprint density at radius 1 is 0.806 bits per heavy atom. The number of nitrogens with one attached hydrogen (secondary N) is 1. The topological polar surface area (TPSA) is 221 Å². The van der Waals surface area contributed by atoms with E-state index in [1.807, 2.05) is 24.3 Å². The van der Waals surface area contributed by atoms with Gasteiger partial charge in [-0.3, -0.25) is 24.0 Å². The Bertz CT molecular complexity index is 2340. The van der Waals surface area contributed by atoms with Crippen molar-refractivity contribution < 1.29 is 33.4 Å². The lowest BCUT2D eigenvalue weighted by atomic mass is 9.87. The van der Waals surface area contributed by atoms with Crippen LogP contribution < -0.4 is 32.0 Å². The number of rotatable bonds is 23. The molecular weight excluding hydrogens is 845 g/mol. The molecule has 4 aromatic carbocycles. The van der Waals surface area contributed by atoms with Crippen LogP contribution in [-0.4, -0.2) is 80.0 Å². The van der Waals surface area contributed by atoms with Gasteiger partial charge in [-0.05, 0) is 97.2 Å². The zero-order valence-electron chi connectivity index (χ0n) is 39.4. The fourth-order valence-electron chi connectivity index (χ4n) is 8.57. The molecule has 4 bridgehead atoms. The molecule has 1 aliphatic rings. The number of Topliss-reactive ketones (excluding diaryl/α,β-unsaturated/α-hetero) is 3. The number of amides is 2. The Kier molecular flexibility index (Phi) is 20.3. The van der Waals surface area contributed by atoms with Crippen molar-refractivity contribution in [1.29, 1.82) is 5.26 Å². The number of likely N-dealkylation sites (N-methyl/N-ethyl adjacent to an activating group) is 1. The number of ether oxygens (including phenoxy) is 2. The smallest absolute Gasteiger partial charge is 0.226 e. The molecule has 7 N–H and O–H groups in total. The number of carbonyl (C=O) groups excluding carboxylic acids is 5. The van der Waals surface area contributed by atoms with Crippen molar-refractivity contribution in [3.63, 3.8) is 0 Å². The monoisotopic (exact) mass is 913 g/mol. The van der Waals surface area contributed by atoms with E-state index in [2.05, 4.69) is 42.6 Å². The molecule has 13 nitrogen and oxygen atoms in total. The maximum Gasteiger partial charge on any atom is 0.226 e. The second-order valence-corrected chi connectivity index (χ2v) is 17.5. The van der Waals surface area contributed by atoms with Gasteiger partial charge >= 0.3 is 0 Å². The third-order valence-electron chi connectivity index (χ3n) is 12.4. The molecule has 4 atom stereocenters. The average molecular weight is 913 g/mol. The minimum atomic E-state index is -1.19. The van der Waals surface area contributed by atoms with Crippen molar-refractivity contribution in [2.75, 3.05) is 39.9 Å². The molecule has 4 aromatic rings. The zero-order chi connectivity index (χ0) is 48.3. The molecule has 0 saturated heterocycles. The number of hydrogen-bond acceptors (Lipinski definition) is 11. The quantitative estimate of drug-likeness (QED) is 0.0423. The number of nitrogens with two attached hydrogens (primary N) is 3. The van der Waals surface area contributed by atoms with Crippen LogP contribution in [0.3, 0.4) is 0 Å². The van der Waals surface area contributed by atoms with E-state index in [-0.39, 0.29) is 70.0 Å². The number of aryl methyl sites for hydroxylation is 1. The molecule has 5 rings (SSSR count). The Balaban J connectivity index is 1.54. The average Bonchev–Trinajstić information content (AvgIpc) is 3.34. The third-order valence-corrected chi connectivity index (χ3v) is 12.4. The van der Waals surface area contributed by atoms with Crippen molar-refractivity contribution >= 4 is 29.2 Å². The lowest BCUT2D eigenvalue weighted by molar-refractivity contribution is -0.142. The lowest BCUT2D eigenvalue weighted by Gasteiger charge is -2.32. The predicted octanol–water partition coefficient (Wildman–Crippen LogP) is 7.46. The summed E-state index contributed by atoms with van der Waals surface area (Å²) in [6, 6.07) is 26.5. The van der Waals surface area contributed by atoms with E-state index in [0.29, 0.717) is 71.5 Å². The normalized spacial score (nSPS) is 16.5. The number of hydrogen-bond donors (Lipinski definition) is 4. The van der Waals surface area contributed by atoms with Crippen molar-refractivity contribution in [3.05, 3.63) is 107 Å². The summed E-state index contributed by atoms with van der Waals surface area (Å²) in [5.74, 6) is -2.50. The minimum absolute atomic E-state index is 0.0817. The molecule has 1 aliphatic heterocycles. The summed E-state index contributed by atoms with van der Waals surface area (Å²) < 4.78 is 12.3. The summed E-state index contributed by atoms with van der Waals surface area (Å²) in [6.45, 7) is 5.05. The third kappa shape index (κ3) is 14.4. The molecule has 0 unspecified atom stereocenters. The molecule has 1 heterocycles. The highest BCUT2D eigenvalue weighted by molar-refractivity contribution is 6.00. The number of unbranched alkanes of at least 4 members (excludes halogenated alkanes) is 3. The number of nitrogens with zero attached hydrogens (tertiary/aromatic N) is 2. The first-order valence-corrected chi connectivity index (χ1v) is 23.8. The van der Waals surface area contributed by atoms with Crippen LogP contribution in [0.5, 0.6) is 11.5 Å². The van der Waals surface area contributed by atoms with E-state index in [1.54, 1.807) is 50.4 Å². The first-order valence-electron chi connectivity index (χ1n) is 23.8. The van der Waals surface area contributed by atoms with Gasteiger partial charge in [0.25, 0.3) is 0 Å². The van der Waals surface area contributed by atoms with Crippen LogP contribution in [0, 0.1) is 23.2 Å². The van der Waals surface area contributed by atoms with Gasteiger partial charge in [0.2, 0.25) is 11.8 Å². The second-order valence-electron chi connectivity index (χ2n) is 17.5. The summed E-state index contributed by atoms with van der Waals surface area (Å²) in [5, 5.41) is 12.0. The molecular formula is C54H68N6O7. The SMILES string of the molecule is CCCCc1ccc(-c2ccc(C(=O)C[C@@H](CCCCN)C(=O)N(C)[C@@H]3C(=O)C[C@@H](C)C(=O)N[C@H](C(=O)CCCC#N)Cc4ccc(OCCN)c(c4)-c4cc3ccc4OCCN)cc2)cc1. The number of carbonyl (C=O) groups is 5. The van der Waals surface area contributed by atoms with Crippen LogP contribution in [0.4, 0.5) is 0 Å². The van der Waals surface area contributed by atoms with Crippen LogP contribution in [0.15, 0.2) is 84.9 Å². The summed E-state index contributed by atoms with van der Waals surface area (Å²) in [6.07, 6.45) is 5.29. The predicted molar refractivity (Wildman–Crippen MR) is 261 cm³/mol. The molecule has 13 heteroatoms. The fraction of sp³-hybridized carbons (Fsp3) is 0.444. The second kappa shape index (κ2) is 26.2. The molecule has 0 aliphatic carbocycles. The van der Waals surface area contributed by atoms with E-state index >= 15 is 0 Å². The standard InChI is InChI=1S/C54H68N6O7/c1-4-5-10-37-13-16-39(17-14-37)40-18-20-41(21-19-40)48(62)35-43(11-6-8-25-55)54(65)60(3)52-42-22-24-51(67-30-28-58)45(34-42)44-32-38(15-23-50(44)66-29-27-57)33-46(47(61)12-7-9-26-56)59-53(64)36(2)31-49(52)63/h13-24,32,34,36,43,46,52H,4-12,25,27-31,33,35,55,57-58H2,1-3H3,(H,59,64)/t36-,43-,46+,52+/m1/s1. The van der Waals surface area contributed by atoms with Crippen LogP contribution in [0.25, 0.3) is 22.3 Å². The van der Waals surface area contributed by atoms with Crippen molar-refractivity contribution in [2.24, 2.45) is 29.0 Å². The van der Waals surface area contributed by atoms with Crippen LogP contribution in [-0.2, 0) is 32.0 Å². The van der Waals surface area contributed by atoms with Crippen LogP contribution in [0.2, 0.25) is 0 Å². The minimum Gasteiger partial charge on any atom is -0.492 e. The van der Waals surface area contributed by atoms with E-state index in [4.69, 9.17) is 31.9 Å². The molecule has 0 spiro atoms. The van der Waals surface area contributed by atoms with Gasteiger partial charge in [0.05, 0.1) is 12.1 Å². The number of ketones is 3. The molecule has 67 heavy (non-hydrogen) atoms. The summed E-state index contributed by atoms with van der Waals surface area (Å²) in [7, 11) is 1.56. The van der Waals surface area contributed by atoms with Gasteiger partial charge in [-0.1, -0.05) is 87.4 Å². The summed E-state index contributed by atoms with van der Waals surface area (Å²) >= 11 is 0. The molecule has 356 valence electrons. The number of fused-ring (bicyclic) bond motifs is 5. The van der Waals surface area contributed by atoms with Gasteiger partial charge in [-0.15, -0.1) is 0 Å². The highest BCUT2D eigenvalue weighted by Crippen LogP contribution is 2.41. The van der Waals surface area contributed by atoms with E-state index in [9.17, 15) is 24.0 Å². The number of nitriles is 1. The Hall–Kier alpha value is -6.20. The van der Waals surface area contributed by atoms with Crippen molar-refractivity contribution in [2.45, 2.75) is 103 Å². The first-order chi connectivity index (χ1) is 32.4. The Labute approximate surface area is 395 Å². The van der Waals surface area contributed by atoms with Gasteiger partial charge < -0.3 is 36.9 Å². The highest BCUT2D eigenvalue weighted by atomic mass is 16.5. The molecule has 0 radical (unpaired) electrons. The van der Waals surface area contributed by atoms with E-state index in [0.717, 1.165) is 30.4 Å². The Morgan fingerprint density at radius 3 is 2.07 bits per heavy atom. The maximum atomic E-state index is 14.9. The first kappa shape index (κ1) is 51.8. The summed E-state index contributed by atoms with van der Waals surface area (Å²) in [4.78, 5) is 72.8. The van der Waals surface area contributed by atoms with Gasteiger partial charge in [0, 0.05) is 74.3 Å². The van der Waals surface area contributed by atoms with Crippen molar-refractivity contribution in [3.8, 4) is 39.8 Å². The number of benzene rings is 4. The molecule has 0 aromatic heterocycles. The lowest BCUT2D eigenvalue weighted by Crippen LogP contribution is -2.45. The van der Waals surface area contributed by atoms with Crippen molar-refractivity contribution in [1.82, 2.24) is 10.2 Å². The summed E-state index contributed by atoms with van der Waals surface area (Å²) in [5.41, 5.74) is 23.7. The van der Waals surface area contributed by atoms with Gasteiger partial charge in [-0.2, -0.15) is 5.26 Å². The van der Waals surface area contributed by atoms with Gasteiger partial charge in [-0.25, -0.2) is 0 Å². The molecule has 0 saturated carbocycles. The largest absolute Gasteiger partial charge is 0.492 e. The Morgan fingerprint density at radius 2 is 1.45 bits per heavy atom. The van der Waals surface area contributed by atoms with Crippen LogP contribution in [0.1, 0.15) is 111 Å². The van der Waals surface area contributed by atoms with E-state index < -0.39 is 41.5 Å². The molecule has 0 fully saturated rings. The highest BCUT2D eigenvalue weighted by Gasteiger charge is 2.36. The van der Waals surface area contributed by atoms with Gasteiger partial charge in [0.1, 0.15) is 30.8 Å². The zero-order valence-corrected chi connectivity index (χ0v) is 39.4. The maximum absolute atomic E-state index is 14.9.